The van der Waals surface area contributed by atoms with Crippen LogP contribution in [0.4, 0.5) is 16.0 Å². The van der Waals surface area contributed by atoms with Crippen molar-refractivity contribution in [2.75, 3.05) is 17.1 Å². The molecule has 2 aliphatic heterocycles. The number of halogens is 1. The molecule has 238 valence electrons. The number of amides is 2. The Bertz CT molecular complexity index is 1910. The first kappa shape index (κ1) is 33.0. The molecule has 0 unspecified atom stereocenters. The summed E-state index contributed by atoms with van der Waals surface area (Å²) in [5.74, 6) is 13.0. The van der Waals surface area contributed by atoms with Gasteiger partial charge < -0.3 is 0 Å². The molecule has 0 radical (unpaired) electrons. The predicted octanol–water partition coefficient (Wildman–Crippen LogP) is 5.79. The van der Waals surface area contributed by atoms with Crippen LogP contribution in [0.15, 0.2) is 85.2 Å². The van der Waals surface area contributed by atoms with Crippen molar-refractivity contribution >= 4 is 23.5 Å². The Labute approximate surface area is 275 Å². The normalized spacial score (nSPS) is 16.5. The third-order valence-electron chi connectivity index (χ3n) is 7.74. The van der Waals surface area contributed by atoms with Gasteiger partial charge in [-0.25, -0.2) is 34.8 Å². The van der Waals surface area contributed by atoms with E-state index in [1.54, 1.807) is 41.7 Å². The first-order valence-corrected chi connectivity index (χ1v) is 15.3. The summed E-state index contributed by atoms with van der Waals surface area (Å²) in [4.78, 5) is 32.9. The summed E-state index contributed by atoms with van der Waals surface area (Å²) in [6.07, 6.45) is 4.22. The monoisotopic (exact) mass is 628 g/mol. The van der Waals surface area contributed by atoms with Gasteiger partial charge >= 0.3 is 0 Å². The summed E-state index contributed by atoms with van der Waals surface area (Å²) in [7, 11) is 1.91. The topological polar surface area (TPSA) is 81.7 Å². The molecule has 2 amide bonds. The molecule has 2 aliphatic rings. The molecule has 2 fully saturated rings. The van der Waals surface area contributed by atoms with Crippen LogP contribution < -0.4 is 15.4 Å². The van der Waals surface area contributed by atoms with E-state index in [0.29, 0.717) is 35.6 Å². The summed E-state index contributed by atoms with van der Waals surface area (Å²) >= 11 is 0. The maximum Gasteiger partial charge on any atom is 0.244 e. The number of anilines is 2. The van der Waals surface area contributed by atoms with Gasteiger partial charge in [0.1, 0.15) is 17.5 Å². The highest BCUT2D eigenvalue weighted by Crippen LogP contribution is 2.31. The molecule has 4 aromatic rings. The first-order valence-electron chi connectivity index (χ1n) is 15.3. The molecule has 0 aliphatic carbocycles. The SMILES string of the molecule is CC1(C)CC(=O)N(c2ccc(C#Cc3cccc(F)c3)cn2)N1.Cc1cccc(C#Cc2ccc(N3C(=O)CC(C)(C)N3C)nc2)c1. The molecule has 2 aromatic carbocycles. The second kappa shape index (κ2) is 13.6. The van der Waals surface area contributed by atoms with Crippen LogP contribution in [-0.4, -0.2) is 44.9 Å². The van der Waals surface area contributed by atoms with Gasteiger partial charge in [-0.3, -0.25) is 9.59 Å². The Morgan fingerprint density at radius 3 is 1.79 bits per heavy atom. The van der Waals surface area contributed by atoms with Crippen molar-refractivity contribution in [1.29, 1.82) is 0 Å². The number of carbonyl (C=O) groups is 2. The van der Waals surface area contributed by atoms with Gasteiger partial charge in [-0.05, 0) is 94.8 Å². The smallest absolute Gasteiger partial charge is 0.244 e. The number of hydrogen-bond donors (Lipinski definition) is 1. The minimum absolute atomic E-state index is 0.0129. The second-order valence-corrected chi connectivity index (χ2v) is 12.8. The minimum atomic E-state index is -0.313. The molecule has 2 aromatic heterocycles. The Balaban J connectivity index is 0.000000185. The fraction of sp³-hybridized carbons (Fsp3) is 0.263. The first-order chi connectivity index (χ1) is 22.3. The number of hydrogen-bond acceptors (Lipinski definition) is 6. The van der Waals surface area contributed by atoms with Gasteiger partial charge in [0.25, 0.3) is 0 Å². The van der Waals surface area contributed by atoms with Crippen LogP contribution in [0.3, 0.4) is 0 Å². The van der Waals surface area contributed by atoms with Gasteiger partial charge in [0.15, 0.2) is 0 Å². The van der Waals surface area contributed by atoms with Crippen LogP contribution in [-0.2, 0) is 9.59 Å². The van der Waals surface area contributed by atoms with E-state index in [2.05, 4.69) is 45.1 Å². The van der Waals surface area contributed by atoms with E-state index in [1.165, 1.54) is 22.7 Å². The van der Waals surface area contributed by atoms with E-state index in [1.807, 2.05) is 77.0 Å². The lowest BCUT2D eigenvalue weighted by Gasteiger charge is -2.31. The summed E-state index contributed by atoms with van der Waals surface area (Å²) in [6, 6.07) is 21.5. The largest absolute Gasteiger partial charge is 0.273 e. The molecule has 47 heavy (non-hydrogen) atoms. The highest BCUT2D eigenvalue weighted by molar-refractivity contribution is 5.95. The van der Waals surface area contributed by atoms with Gasteiger partial charge in [-0.15, -0.1) is 0 Å². The van der Waals surface area contributed by atoms with Crippen molar-refractivity contribution in [3.05, 3.63) is 119 Å². The van der Waals surface area contributed by atoms with Crippen molar-refractivity contribution in [3.63, 3.8) is 0 Å². The standard InChI is InChI=1S/C20H21N3O.C18H16FN3O/c1-15-6-5-7-16(12-15)8-9-17-10-11-18(21-14-17)23-19(24)13-20(2,3)22(23)4;1-18(2)11-17(23)22(21-18)16-9-8-14(12-20-16)7-6-13-4-3-5-15(19)10-13/h5-7,10-12,14H,13H2,1-4H3;3-5,8-10,12,21H,11H2,1-2H3. The lowest BCUT2D eigenvalue weighted by atomic mass is 10.0. The van der Waals surface area contributed by atoms with E-state index < -0.39 is 0 Å². The van der Waals surface area contributed by atoms with E-state index in [9.17, 15) is 14.0 Å². The van der Waals surface area contributed by atoms with Gasteiger partial charge in [-0.1, -0.05) is 41.9 Å². The lowest BCUT2D eigenvalue weighted by molar-refractivity contribution is -0.118. The predicted molar refractivity (Wildman–Crippen MR) is 181 cm³/mol. The van der Waals surface area contributed by atoms with Gasteiger partial charge in [0.05, 0.1) is 0 Å². The Morgan fingerprint density at radius 2 is 1.30 bits per heavy atom. The van der Waals surface area contributed by atoms with Crippen molar-refractivity contribution in [2.24, 2.45) is 0 Å². The zero-order valence-corrected chi connectivity index (χ0v) is 27.4. The number of pyridine rings is 2. The van der Waals surface area contributed by atoms with E-state index >= 15 is 0 Å². The Kier molecular flexibility index (Phi) is 9.53. The van der Waals surface area contributed by atoms with Crippen molar-refractivity contribution in [1.82, 2.24) is 20.4 Å². The van der Waals surface area contributed by atoms with Crippen molar-refractivity contribution in [3.8, 4) is 23.7 Å². The molecule has 0 saturated carbocycles. The lowest BCUT2D eigenvalue weighted by Crippen LogP contribution is -2.44. The maximum atomic E-state index is 13.1. The highest BCUT2D eigenvalue weighted by atomic mass is 19.1. The fourth-order valence-corrected chi connectivity index (χ4v) is 5.08. The fourth-order valence-electron chi connectivity index (χ4n) is 5.08. The molecular weight excluding hydrogens is 591 g/mol. The third kappa shape index (κ3) is 8.28. The van der Waals surface area contributed by atoms with Crippen LogP contribution in [0.2, 0.25) is 0 Å². The number of benzene rings is 2. The summed E-state index contributed by atoms with van der Waals surface area (Å²) in [6.45, 7) is 10.1. The number of carbonyl (C=O) groups excluding carboxylic acids is 2. The number of nitrogens with one attached hydrogen (secondary N) is 1. The van der Waals surface area contributed by atoms with Crippen LogP contribution in [0.25, 0.3) is 0 Å². The number of aromatic nitrogens is 2. The molecule has 0 bridgehead atoms. The molecule has 1 N–H and O–H groups in total. The van der Waals surface area contributed by atoms with Crippen LogP contribution >= 0.6 is 0 Å². The quantitative estimate of drug-likeness (QED) is 0.283. The number of hydrazine groups is 2. The zero-order valence-electron chi connectivity index (χ0n) is 27.4. The van der Waals surface area contributed by atoms with Crippen LogP contribution in [0, 0.1) is 36.4 Å². The molecule has 0 spiro atoms. The Morgan fingerprint density at radius 1 is 0.723 bits per heavy atom. The van der Waals surface area contributed by atoms with Crippen molar-refractivity contribution in [2.45, 2.75) is 58.5 Å². The molecule has 2 saturated heterocycles. The summed E-state index contributed by atoms with van der Waals surface area (Å²) < 4.78 is 13.1. The van der Waals surface area contributed by atoms with Gasteiger partial charge in [0.2, 0.25) is 11.8 Å². The second-order valence-electron chi connectivity index (χ2n) is 12.8. The van der Waals surface area contributed by atoms with Gasteiger partial charge in [-0.2, -0.15) is 0 Å². The van der Waals surface area contributed by atoms with Crippen LogP contribution in [0.1, 0.15) is 68.4 Å². The van der Waals surface area contributed by atoms with Crippen LogP contribution in [0.5, 0.6) is 0 Å². The molecular formula is C38H37FN6O2. The highest BCUT2D eigenvalue weighted by Gasteiger charge is 2.42. The maximum absolute atomic E-state index is 13.1. The average Bonchev–Trinajstić information content (AvgIpc) is 3.43. The van der Waals surface area contributed by atoms with E-state index in [0.717, 1.165) is 11.1 Å². The number of rotatable bonds is 2. The summed E-state index contributed by atoms with van der Waals surface area (Å²) in [5, 5.41) is 5.04. The number of aryl methyl sites for hydroxylation is 1. The van der Waals surface area contributed by atoms with E-state index in [4.69, 9.17) is 0 Å². The molecule has 4 heterocycles. The average molecular weight is 629 g/mol. The van der Waals surface area contributed by atoms with Crippen molar-refractivity contribution < 1.29 is 14.0 Å². The zero-order chi connectivity index (χ0) is 33.8. The number of nitrogens with zero attached hydrogens (tertiary/aromatic N) is 5. The molecule has 6 rings (SSSR count). The van der Waals surface area contributed by atoms with E-state index in [-0.39, 0.29) is 28.7 Å². The third-order valence-corrected chi connectivity index (χ3v) is 7.74. The molecule has 8 nitrogen and oxygen atoms in total. The minimum Gasteiger partial charge on any atom is -0.273 e. The Hall–Kier alpha value is -5.35. The molecule has 9 heteroatoms. The summed E-state index contributed by atoms with van der Waals surface area (Å²) in [5.41, 5.74) is 6.96. The van der Waals surface area contributed by atoms with Gasteiger partial charge in [0, 0.05) is 65.6 Å². The molecule has 0 atom stereocenters.